The summed E-state index contributed by atoms with van der Waals surface area (Å²) in [7, 11) is 1.65. The molecule has 1 atom stereocenters. The van der Waals surface area contributed by atoms with Crippen LogP contribution in [-0.2, 0) is 10.2 Å². The molecule has 0 bridgehead atoms. The van der Waals surface area contributed by atoms with Crippen molar-refractivity contribution in [3.8, 4) is 5.75 Å². The summed E-state index contributed by atoms with van der Waals surface area (Å²) < 4.78 is 5.25. The molecule has 3 N–H and O–H groups in total. The van der Waals surface area contributed by atoms with Crippen molar-refractivity contribution >= 4 is 5.91 Å². The van der Waals surface area contributed by atoms with Crippen molar-refractivity contribution < 1.29 is 9.53 Å². The first kappa shape index (κ1) is 12.9. The van der Waals surface area contributed by atoms with E-state index in [4.69, 9.17) is 10.5 Å². The maximum Gasteiger partial charge on any atom is 0.220 e. The summed E-state index contributed by atoms with van der Waals surface area (Å²) in [5.41, 5.74) is 6.82. The monoisotopic (exact) mass is 248 g/mol. The molecule has 1 aliphatic heterocycles. The Labute approximate surface area is 108 Å². The summed E-state index contributed by atoms with van der Waals surface area (Å²) in [6.07, 6.45) is 2.34. The number of carbonyl (C=O) groups excluding carboxylic acids is 1. The Bertz CT molecular complexity index is 434. The zero-order valence-electron chi connectivity index (χ0n) is 10.7. The summed E-state index contributed by atoms with van der Waals surface area (Å²) in [4.78, 5) is 11.8. The number of hydrogen-bond acceptors (Lipinski definition) is 3. The van der Waals surface area contributed by atoms with Crippen LogP contribution < -0.4 is 15.8 Å². The number of hydrogen-bond donors (Lipinski definition) is 2. The van der Waals surface area contributed by atoms with E-state index >= 15 is 0 Å². The first-order chi connectivity index (χ1) is 8.70. The Morgan fingerprint density at radius 3 is 3.06 bits per heavy atom. The van der Waals surface area contributed by atoms with Crippen LogP contribution in [0.25, 0.3) is 0 Å². The summed E-state index contributed by atoms with van der Waals surface area (Å²) in [6.45, 7) is 1.22. The second kappa shape index (κ2) is 5.40. The quantitative estimate of drug-likeness (QED) is 0.844. The van der Waals surface area contributed by atoms with Gasteiger partial charge in [0.2, 0.25) is 5.91 Å². The molecule has 0 saturated carbocycles. The zero-order valence-corrected chi connectivity index (χ0v) is 10.7. The molecule has 1 heterocycles. The van der Waals surface area contributed by atoms with Gasteiger partial charge < -0.3 is 15.8 Å². The van der Waals surface area contributed by atoms with Crippen molar-refractivity contribution in [3.63, 3.8) is 0 Å². The topological polar surface area (TPSA) is 64.3 Å². The van der Waals surface area contributed by atoms with Crippen LogP contribution in [0.2, 0.25) is 0 Å². The minimum absolute atomic E-state index is 0.0840. The molecule has 1 saturated heterocycles. The van der Waals surface area contributed by atoms with Crippen molar-refractivity contribution in [2.45, 2.75) is 24.7 Å². The number of amides is 1. The molecule has 4 nitrogen and oxygen atoms in total. The lowest BCUT2D eigenvalue weighted by atomic mass is 9.74. The van der Waals surface area contributed by atoms with Gasteiger partial charge >= 0.3 is 0 Å². The van der Waals surface area contributed by atoms with Crippen molar-refractivity contribution in [1.82, 2.24) is 5.32 Å². The number of nitrogens with one attached hydrogen (secondary N) is 1. The van der Waals surface area contributed by atoms with Crippen LogP contribution in [0.5, 0.6) is 5.75 Å². The predicted molar refractivity (Wildman–Crippen MR) is 70.6 cm³/mol. The number of nitrogens with two attached hydrogens (primary N) is 1. The Hall–Kier alpha value is -1.55. The zero-order chi connectivity index (χ0) is 13.0. The van der Waals surface area contributed by atoms with Gasteiger partial charge in [-0.2, -0.15) is 0 Å². The van der Waals surface area contributed by atoms with Crippen LogP contribution in [0, 0.1) is 0 Å². The van der Waals surface area contributed by atoms with Gasteiger partial charge in [-0.3, -0.25) is 4.79 Å². The van der Waals surface area contributed by atoms with Gasteiger partial charge in [-0.25, -0.2) is 0 Å². The fraction of sp³-hybridized carbons (Fsp3) is 0.500. The maximum absolute atomic E-state index is 11.8. The third-order valence-corrected chi connectivity index (χ3v) is 3.73. The molecular formula is C14H20N2O2. The number of benzene rings is 1. The smallest absolute Gasteiger partial charge is 0.220 e. The molecule has 0 aromatic heterocycles. The number of rotatable bonds is 3. The van der Waals surface area contributed by atoms with Crippen molar-refractivity contribution in [3.05, 3.63) is 29.8 Å². The van der Waals surface area contributed by atoms with E-state index in [2.05, 4.69) is 5.32 Å². The van der Waals surface area contributed by atoms with Crippen molar-refractivity contribution in [1.29, 1.82) is 0 Å². The molecular weight excluding hydrogens is 228 g/mol. The summed E-state index contributed by atoms with van der Waals surface area (Å²) in [6, 6.07) is 7.89. The van der Waals surface area contributed by atoms with Crippen LogP contribution in [-0.4, -0.2) is 26.1 Å². The highest BCUT2D eigenvalue weighted by Gasteiger charge is 2.35. The number of carbonyl (C=O) groups is 1. The standard InChI is InChI=1S/C14H20N2O2/c1-18-12-5-2-4-11(8-12)14(10-15)6-3-7-16-13(17)9-14/h2,4-5,8H,3,6-7,9-10,15H2,1H3,(H,16,17). The van der Waals surface area contributed by atoms with Crippen LogP contribution in [0.1, 0.15) is 24.8 Å². The first-order valence-corrected chi connectivity index (χ1v) is 6.31. The summed E-state index contributed by atoms with van der Waals surface area (Å²) in [5, 5.41) is 2.91. The molecule has 2 rings (SSSR count). The highest BCUT2D eigenvalue weighted by atomic mass is 16.5. The number of methoxy groups -OCH3 is 1. The largest absolute Gasteiger partial charge is 0.497 e. The van der Waals surface area contributed by atoms with Gasteiger partial charge in [0.05, 0.1) is 7.11 Å². The average Bonchev–Trinajstić information content (AvgIpc) is 2.61. The third kappa shape index (κ3) is 2.48. The highest BCUT2D eigenvalue weighted by molar-refractivity contribution is 5.78. The predicted octanol–water partition coefficient (Wildman–Crippen LogP) is 1.19. The third-order valence-electron chi connectivity index (χ3n) is 3.73. The fourth-order valence-electron chi connectivity index (χ4n) is 2.60. The maximum atomic E-state index is 11.8. The Balaban J connectivity index is 2.37. The van der Waals surface area contributed by atoms with Gasteiger partial charge in [0.1, 0.15) is 5.75 Å². The van der Waals surface area contributed by atoms with Crippen molar-refractivity contribution in [2.24, 2.45) is 5.73 Å². The van der Waals surface area contributed by atoms with E-state index < -0.39 is 0 Å². The van der Waals surface area contributed by atoms with Gasteiger partial charge in [-0.15, -0.1) is 0 Å². The molecule has 1 aromatic carbocycles. The van der Waals surface area contributed by atoms with Gasteiger partial charge in [0, 0.05) is 24.9 Å². The van der Waals surface area contributed by atoms with Crippen LogP contribution in [0.15, 0.2) is 24.3 Å². The SMILES string of the molecule is COc1cccc(C2(CN)CCCNC(=O)C2)c1. The van der Waals surface area contributed by atoms with E-state index in [1.54, 1.807) is 7.11 Å². The molecule has 98 valence electrons. The van der Waals surface area contributed by atoms with Gasteiger partial charge in [-0.05, 0) is 30.5 Å². The average molecular weight is 248 g/mol. The molecule has 1 aromatic rings. The molecule has 1 amide bonds. The molecule has 1 aliphatic rings. The first-order valence-electron chi connectivity index (χ1n) is 6.31. The van der Waals surface area contributed by atoms with E-state index in [0.717, 1.165) is 30.7 Å². The lowest BCUT2D eigenvalue weighted by molar-refractivity contribution is -0.121. The minimum Gasteiger partial charge on any atom is -0.497 e. The summed E-state index contributed by atoms with van der Waals surface area (Å²) >= 11 is 0. The van der Waals surface area contributed by atoms with Crippen molar-refractivity contribution in [2.75, 3.05) is 20.2 Å². The lowest BCUT2D eigenvalue weighted by Crippen LogP contribution is -2.38. The second-order valence-electron chi connectivity index (χ2n) is 4.85. The van der Waals surface area contributed by atoms with E-state index in [0.29, 0.717) is 13.0 Å². The van der Waals surface area contributed by atoms with E-state index in [1.165, 1.54) is 0 Å². The molecule has 4 heteroatoms. The Morgan fingerprint density at radius 1 is 1.50 bits per heavy atom. The summed E-state index contributed by atoms with van der Waals surface area (Å²) in [5.74, 6) is 0.894. The minimum atomic E-state index is -0.255. The molecule has 18 heavy (non-hydrogen) atoms. The van der Waals surface area contributed by atoms with Gasteiger partial charge in [0.25, 0.3) is 0 Å². The van der Waals surface area contributed by atoms with Gasteiger partial charge in [0.15, 0.2) is 0 Å². The number of ether oxygens (including phenoxy) is 1. The van der Waals surface area contributed by atoms with E-state index in [1.807, 2.05) is 24.3 Å². The molecule has 1 unspecified atom stereocenters. The Kier molecular flexibility index (Phi) is 3.87. The van der Waals surface area contributed by atoms with Crippen LogP contribution in [0.3, 0.4) is 0 Å². The second-order valence-corrected chi connectivity index (χ2v) is 4.85. The van der Waals surface area contributed by atoms with E-state index in [-0.39, 0.29) is 11.3 Å². The van der Waals surface area contributed by atoms with Crippen LogP contribution in [0.4, 0.5) is 0 Å². The van der Waals surface area contributed by atoms with E-state index in [9.17, 15) is 4.79 Å². The fourth-order valence-corrected chi connectivity index (χ4v) is 2.60. The molecule has 1 fully saturated rings. The lowest BCUT2D eigenvalue weighted by Gasteiger charge is -2.31. The Morgan fingerprint density at radius 2 is 2.33 bits per heavy atom. The normalized spacial score (nSPS) is 24.2. The molecule has 0 spiro atoms. The van der Waals surface area contributed by atoms with Crippen LogP contribution >= 0.6 is 0 Å². The highest BCUT2D eigenvalue weighted by Crippen LogP contribution is 2.35. The molecule has 0 radical (unpaired) electrons. The van der Waals surface area contributed by atoms with Gasteiger partial charge in [-0.1, -0.05) is 12.1 Å². The molecule has 0 aliphatic carbocycles.